The van der Waals surface area contributed by atoms with Crippen molar-refractivity contribution in [3.63, 3.8) is 0 Å². The summed E-state index contributed by atoms with van der Waals surface area (Å²) in [5.41, 5.74) is 1.34. The molecule has 0 spiro atoms. The lowest BCUT2D eigenvalue weighted by Crippen LogP contribution is -2.15. The van der Waals surface area contributed by atoms with Crippen LogP contribution in [0, 0.1) is 5.92 Å². The second kappa shape index (κ2) is 6.95. The van der Waals surface area contributed by atoms with Crippen LogP contribution in [-0.2, 0) is 6.42 Å². The standard InChI is InChI=1S/C14H21BrO/c1-4-12(5-2)14(15)10-11-7-6-8-13(9-11)16-3/h6-9,12,14H,4-5,10H2,1-3H3. The Balaban J connectivity index is 2.64. The fraction of sp³-hybridized carbons (Fsp3) is 0.571. The topological polar surface area (TPSA) is 9.23 Å². The fourth-order valence-electron chi connectivity index (χ4n) is 1.99. The largest absolute Gasteiger partial charge is 0.497 e. The molecule has 0 saturated carbocycles. The molecule has 0 bridgehead atoms. The molecule has 1 aromatic carbocycles. The molecule has 0 radical (unpaired) electrons. The van der Waals surface area contributed by atoms with E-state index in [1.54, 1.807) is 7.11 Å². The highest BCUT2D eigenvalue weighted by molar-refractivity contribution is 9.09. The minimum absolute atomic E-state index is 0.564. The van der Waals surface area contributed by atoms with E-state index in [4.69, 9.17) is 4.74 Å². The van der Waals surface area contributed by atoms with Gasteiger partial charge in [-0.1, -0.05) is 54.8 Å². The summed E-state index contributed by atoms with van der Waals surface area (Å²) in [6, 6.07) is 8.33. The van der Waals surface area contributed by atoms with E-state index in [-0.39, 0.29) is 0 Å². The average molecular weight is 285 g/mol. The maximum atomic E-state index is 5.23. The van der Waals surface area contributed by atoms with Crippen LogP contribution < -0.4 is 4.74 Å². The summed E-state index contributed by atoms with van der Waals surface area (Å²) in [5.74, 6) is 1.70. The highest BCUT2D eigenvalue weighted by atomic mass is 79.9. The van der Waals surface area contributed by atoms with Crippen molar-refractivity contribution in [3.8, 4) is 5.75 Å². The van der Waals surface area contributed by atoms with Crippen LogP contribution in [0.15, 0.2) is 24.3 Å². The molecule has 0 N–H and O–H groups in total. The Hall–Kier alpha value is -0.500. The summed E-state index contributed by atoms with van der Waals surface area (Å²) in [7, 11) is 1.71. The summed E-state index contributed by atoms with van der Waals surface area (Å²) in [4.78, 5) is 0.564. The van der Waals surface area contributed by atoms with Crippen molar-refractivity contribution in [1.29, 1.82) is 0 Å². The zero-order valence-electron chi connectivity index (χ0n) is 10.4. The number of benzene rings is 1. The molecular weight excluding hydrogens is 264 g/mol. The number of ether oxygens (including phenoxy) is 1. The molecular formula is C14H21BrO. The summed E-state index contributed by atoms with van der Waals surface area (Å²) in [6.45, 7) is 4.52. The minimum atomic E-state index is 0.564. The Morgan fingerprint density at radius 3 is 2.50 bits per heavy atom. The maximum absolute atomic E-state index is 5.23. The van der Waals surface area contributed by atoms with Gasteiger partial charge in [0.2, 0.25) is 0 Å². The van der Waals surface area contributed by atoms with Crippen LogP contribution >= 0.6 is 15.9 Å². The normalized spacial score (nSPS) is 12.8. The minimum Gasteiger partial charge on any atom is -0.497 e. The van der Waals surface area contributed by atoms with Crippen LogP contribution in [0.4, 0.5) is 0 Å². The van der Waals surface area contributed by atoms with E-state index in [0.717, 1.165) is 18.1 Å². The molecule has 1 rings (SSSR count). The second-order valence-electron chi connectivity index (χ2n) is 4.15. The van der Waals surface area contributed by atoms with Crippen LogP contribution in [0.3, 0.4) is 0 Å². The molecule has 0 heterocycles. The van der Waals surface area contributed by atoms with Crippen molar-refractivity contribution < 1.29 is 4.74 Å². The third-order valence-electron chi connectivity index (χ3n) is 3.13. The predicted octanol–water partition coefficient (Wildman–Crippen LogP) is 4.44. The zero-order chi connectivity index (χ0) is 12.0. The molecule has 0 fully saturated rings. The molecule has 90 valence electrons. The molecule has 0 amide bonds. The van der Waals surface area contributed by atoms with Gasteiger partial charge in [-0.2, -0.15) is 0 Å². The molecule has 0 aliphatic carbocycles. The first-order chi connectivity index (χ1) is 7.71. The first-order valence-corrected chi connectivity index (χ1v) is 6.89. The van der Waals surface area contributed by atoms with Gasteiger partial charge in [-0.3, -0.25) is 0 Å². The first-order valence-electron chi connectivity index (χ1n) is 5.98. The van der Waals surface area contributed by atoms with E-state index in [0.29, 0.717) is 4.83 Å². The molecule has 1 aromatic rings. The van der Waals surface area contributed by atoms with Crippen LogP contribution in [0.2, 0.25) is 0 Å². The van der Waals surface area contributed by atoms with Gasteiger partial charge >= 0.3 is 0 Å². The van der Waals surface area contributed by atoms with E-state index in [9.17, 15) is 0 Å². The lowest BCUT2D eigenvalue weighted by molar-refractivity contribution is 0.413. The van der Waals surface area contributed by atoms with Crippen LogP contribution in [0.1, 0.15) is 32.3 Å². The predicted molar refractivity (Wildman–Crippen MR) is 73.5 cm³/mol. The number of hydrogen-bond acceptors (Lipinski definition) is 1. The summed E-state index contributed by atoms with van der Waals surface area (Å²) >= 11 is 3.81. The van der Waals surface area contributed by atoms with Gasteiger partial charge < -0.3 is 4.74 Å². The lowest BCUT2D eigenvalue weighted by Gasteiger charge is -2.19. The van der Waals surface area contributed by atoms with E-state index >= 15 is 0 Å². The van der Waals surface area contributed by atoms with E-state index in [1.807, 2.05) is 6.07 Å². The van der Waals surface area contributed by atoms with Crippen molar-refractivity contribution in [3.05, 3.63) is 29.8 Å². The SMILES string of the molecule is CCC(CC)C(Br)Cc1cccc(OC)c1. The van der Waals surface area contributed by atoms with Gasteiger partial charge in [-0.25, -0.2) is 0 Å². The van der Waals surface area contributed by atoms with E-state index in [2.05, 4.69) is 48.0 Å². The van der Waals surface area contributed by atoms with Crippen molar-refractivity contribution >= 4 is 15.9 Å². The summed E-state index contributed by atoms with van der Waals surface area (Å²) in [5, 5.41) is 0. The molecule has 0 saturated heterocycles. The quantitative estimate of drug-likeness (QED) is 0.702. The maximum Gasteiger partial charge on any atom is 0.119 e. The zero-order valence-corrected chi connectivity index (χ0v) is 12.0. The number of halogens is 1. The van der Waals surface area contributed by atoms with Crippen LogP contribution in [0.5, 0.6) is 5.75 Å². The van der Waals surface area contributed by atoms with E-state index in [1.165, 1.54) is 18.4 Å². The Kier molecular flexibility index (Phi) is 5.89. The molecule has 0 aliphatic rings. The average Bonchev–Trinajstić information content (AvgIpc) is 2.31. The van der Waals surface area contributed by atoms with Gasteiger partial charge in [0.25, 0.3) is 0 Å². The highest BCUT2D eigenvalue weighted by Crippen LogP contribution is 2.25. The molecule has 1 atom stereocenters. The second-order valence-corrected chi connectivity index (χ2v) is 5.32. The number of alkyl halides is 1. The third kappa shape index (κ3) is 3.82. The number of rotatable bonds is 6. The van der Waals surface area contributed by atoms with Crippen molar-refractivity contribution in [2.75, 3.05) is 7.11 Å². The van der Waals surface area contributed by atoms with Gasteiger partial charge in [-0.15, -0.1) is 0 Å². The van der Waals surface area contributed by atoms with Gasteiger partial charge in [0.1, 0.15) is 5.75 Å². The number of methoxy groups -OCH3 is 1. The van der Waals surface area contributed by atoms with Crippen LogP contribution in [0.25, 0.3) is 0 Å². The molecule has 16 heavy (non-hydrogen) atoms. The first kappa shape index (κ1) is 13.6. The van der Waals surface area contributed by atoms with Gasteiger partial charge in [0.15, 0.2) is 0 Å². The van der Waals surface area contributed by atoms with Crippen molar-refractivity contribution in [2.45, 2.75) is 37.9 Å². The molecule has 0 aromatic heterocycles. The van der Waals surface area contributed by atoms with Gasteiger partial charge in [-0.05, 0) is 30.0 Å². The smallest absolute Gasteiger partial charge is 0.119 e. The fourth-order valence-corrected chi connectivity index (χ4v) is 3.11. The number of hydrogen-bond donors (Lipinski definition) is 0. The lowest BCUT2D eigenvalue weighted by atomic mass is 9.95. The molecule has 0 aliphatic heterocycles. The molecule has 1 unspecified atom stereocenters. The Bertz CT molecular complexity index is 307. The molecule has 1 nitrogen and oxygen atoms in total. The third-order valence-corrected chi connectivity index (χ3v) is 4.20. The van der Waals surface area contributed by atoms with Crippen molar-refractivity contribution in [2.24, 2.45) is 5.92 Å². The Morgan fingerprint density at radius 1 is 1.25 bits per heavy atom. The van der Waals surface area contributed by atoms with Crippen molar-refractivity contribution in [1.82, 2.24) is 0 Å². The summed E-state index contributed by atoms with van der Waals surface area (Å²) in [6.07, 6.45) is 3.54. The van der Waals surface area contributed by atoms with E-state index < -0.39 is 0 Å². The van der Waals surface area contributed by atoms with Crippen LogP contribution in [-0.4, -0.2) is 11.9 Å². The Labute approximate surface area is 107 Å². The highest BCUT2D eigenvalue weighted by Gasteiger charge is 2.15. The summed E-state index contributed by atoms with van der Waals surface area (Å²) < 4.78 is 5.23. The Morgan fingerprint density at radius 2 is 1.94 bits per heavy atom. The monoisotopic (exact) mass is 284 g/mol. The molecule has 2 heteroatoms. The van der Waals surface area contributed by atoms with Gasteiger partial charge in [0, 0.05) is 4.83 Å². The van der Waals surface area contributed by atoms with Gasteiger partial charge in [0.05, 0.1) is 7.11 Å².